The molecule has 0 unspecified atom stereocenters. The van der Waals surface area contributed by atoms with E-state index in [0.717, 1.165) is 19.5 Å². The molecule has 0 saturated carbocycles. The van der Waals surface area contributed by atoms with Crippen molar-refractivity contribution in [2.75, 3.05) is 19.7 Å². The molecule has 0 aliphatic carbocycles. The summed E-state index contributed by atoms with van der Waals surface area (Å²) in [6.45, 7) is 6.68. The Balaban J connectivity index is 2.28. The fourth-order valence-corrected chi connectivity index (χ4v) is 2.70. The largest absolute Gasteiger partial charge is 0.395 e. The maximum Gasteiger partial charge on any atom is 0.0558 e. The molecule has 19 heavy (non-hydrogen) atoms. The van der Waals surface area contributed by atoms with Crippen molar-refractivity contribution in [1.82, 2.24) is 4.90 Å². The van der Waals surface area contributed by atoms with E-state index >= 15 is 0 Å². The van der Waals surface area contributed by atoms with Crippen LogP contribution in [-0.4, -0.2) is 35.7 Å². The summed E-state index contributed by atoms with van der Waals surface area (Å²) in [6.07, 6.45) is 5.96. The maximum absolute atomic E-state index is 9.17. The lowest BCUT2D eigenvalue weighted by atomic mass is 10.1. The van der Waals surface area contributed by atoms with Crippen molar-refractivity contribution < 1.29 is 5.11 Å². The third-order valence-corrected chi connectivity index (χ3v) is 3.85. The number of rotatable bonds is 10. The zero-order valence-corrected chi connectivity index (χ0v) is 12.5. The number of aliphatic hydroxyl groups excluding tert-OH is 1. The molecular weight excluding hydrogens is 234 g/mol. The predicted octanol–water partition coefficient (Wildman–Crippen LogP) is 3.49. The topological polar surface area (TPSA) is 23.5 Å². The molecule has 0 amide bonds. The number of hydrogen-bond donors (Lipinski definition) is 1. The Labute approximate surface area is 118 Å². The summed E-state index contributed by atoms with van der Waals surface area (Å²) in [5, 5.41) is 9.17. The van der Waals surface area contributed by atoms with E-state index in [-0.39, 0.29) is 6.61 Å². The van der Waals surface area contributed by atoms with Crippen molar-refractivity contribution in [2.45, 2.75) is 52.0 Å². The highest BCUT2D eigenvalue weighted by molar-refractivity contribution is 5.14. The number of aryl methyl sites for hydroxylation is 1. The third-order valence-electron chi connectivity index (χ3n) is 3.85. The fourth-order valence-electron chi connectivity index (χ4n) is 2.70. The van der Waals surface area contributed by atoms with Crippen LogP contribution in [0.4, 0.5) is 0 Å². The van der Waals surface area contributed by atoms with Gasteiger partial charge in [-0.1, -0.05) is 44.2 Å². The van der Waals surface area contributed by atoms with Crippen LogP contribution in [0.15, 0.2) is 30.3 Å². The minimum absolute atomic E-state index is 0.273. The molecule has 1 aromatic rings. The second kappa shape index (κ2) is 9.99. The summed E-state index contributed by atoms with van der Waals surface area (Å²) < 4.78 is 0. The summed E-state index contributed by atoms with van der Waals surface area (Å²) in [6, 6.07) is 11.3. The molecule has 0 aliphatic rings. The van der Waals surface area contributed by atoms with Crippen molar-refractivity contribution in [3.05, 3.63) is 35.9 Å². The Bertz CT molecular complexity index is 308. The highest BCUT2D eigenvalue weighted by Crippen LogP contribution is 2.11. The Hall–Kier alpha value is -0.860. The highest BCUT2D eigenvalue weighted by atomic mass is 16.3. The van der Waals surface area contributed by atoms with E-state index in [0.29, 0.717) is 6.04 Å². The van der Waals surface area contributed by atoms with Gasteiger partial charge < -0.3 is 5.11 Å². The summed E-state index contributed by atoms with van der Waals surface area (Å²) in [5.41, 5.74) is 1.43. The molecule has 0 fully saturated rings. The first-order chi connectivity index (χ1) is 9.31. The van der Waals surface area contributed by atoms with Gasteiger partial charge in [-0.15, -0.1) is 0 Å². The van der Waals surface area contributed by atoms with E-state index in [1.54, 1.807) is 0 Å². The van der Waals surface area contributed by atoms with Gasteiger partial charge in [0.15, 0.2) is 0 Å². The molecular formula is C17H29NO. The summed E-state index contributed by atoms with van der Waals surface area (Å²) in [4.78, 5) is 2.45. The Kier molecular flexibility index (Phi) is 8.52. The quantitative estimate of drug-likeness (QED) is 0.653. The molecule has 0 aliphatic heterocycles. The molecule has 0 aromatic heterocycles. The van der Waals surface area contributed by atoms with Crippen molar-refractivity contribution in [3.63, 3.8) is 0 Å². The maximum atomic E-state index is 9.17. The first-order valence-corrected chi connectivity index (χ1v) is 7.70. The van der Waals surface area contributed by atoms with E-state index in [2.05, 4.69) is 49.1 Å². The average Bonchev–Trinajstić information content (AvgIpc) is 2.46. The van der Waals surface area contributed by atoms with Crippen LogP contribution in [0.5, 0.6) is 0 Å². The van der Waals surface area contributed by atoms with Gasteiger partial charge in [0.05, 0.1) is 6.61 Å². The van der Waals surface area contributed by atoms with Gasteiger partial charge >= 0.3 is 0 Å². The van der Waals surface area contributed by atoms with Gasteiger partial charge in [-0.05, 0) is 44.2 Å². The zero-order valence-electron chi connectivity index (χ0n) is 12.5. The SMILES string of the molecule is CCC(CC)N(CCO)CCCCc1ccccc1. The van der Waals surface area contributed by atoms with Crippen molar-refractivity contribution in [2.24, 2.45) is 0 Å². The lowest BCUT2D eigenvalue weighted by Gasteiger charge is -2.29. The van der Waals surface area contributed by atoms with Gasteiger partial charge in [0.25, 0.3) is 0 Å². The normalized spacial score (nSPS) is 11.4. The van der Waals surface area contributed by atoms with Crippen LogP contribution in [0.1, 0.15) is 45.1 Å². The number of nitrogens with zero attached hydrogens (tertiary/aromatic N) is 1. The van der Waals surface area contributed by atoms with Crippen molar-refractivity contribution in [1.29, 1.82) is 0 Å². The highest BCUT2D eigenvalue weighted by Gasteiger charge is 2.13. The van der Waals surface area contributed by atoms with Crippen LogP contribution in [-0.2, 0) is 6.42 Å². The van der Waals surface area contributed by atoms with E-state index < -0.39 is 0 Å². The molecule has 2 heteroatoms. The van der Waals surface area contributed by atoms with Crippen LogP contribution in [0.3, 0.4) is 0 Å². The number of hydrogen-bond acceptors (Lipinski definition) is 2. The second-order valence-corrected chi connectivity index (χ2v) is 5.17. The van der Waals surface area contributed by atoms with Crippen molar-refractivity contribution in [3.8, 4) is 0 Å². The zero-order chi connectivity index (χ0) is 13.9. The van der Waals surface area contributed by atoms with Gasteiger partial charge in [0, 0.05) is 12.6 Å². The molecule has 0 spiro atoms. The molecule has 0 radical (unpaired) electrons. The van der Waals surface area contributed by atoms with Crippen LogP contribution >= 0.6 is 0 Å². The van der Waals surface area contributed by atoms with Crippen LogP contribution < -0.4 is 0 Å². The van der Waals surface area contributed by atoms with Crippen LogP contribution in [0.25, 0.3) is 0 Å². The number of aliphatic hydroxyl groups is 1. The summed E-state index contributed by atoms with van der Waals surface area (Å²) in [7, 11) is 0. The van der Waals surface area contributed by atoms with Gasteiger partial charge in [-0.3, -0.25) is 4.90 Å². The molecule has 108 valence electrons. The molecule has 1 rings (SSSR count). The molecule has 2 nitrogen and oxygen atoms in total. The van der Waals surface area contributed by atoms with E-state index in [1.165, 1.54) is 31.2 Å². The Morgan fingerprint density at radius 1 is 1.00 bits per heavy atom. The first-order valence-electron chi connectivity index (χ1n) is 7.70. The summed E-state index contributed by atoms with van der Waals surface area (Å²) >= 11 is 0. The van der Waals surface area contributed by atoms with E-state index in [9.17, 15) is 0 Å². The van der Waals surface area contributed by atoms with E-state index in [1.807, 2.05) is 0 Å². The lowest BCUT2D eigenvalue weighted by Crippen LogP contribution is -2.37. The summed E-state index contributed by atoms with van der Waals surface area (Å²) in [5.74, 6) is 0. The van der Waals surface area contributed by atoms with Gasteiger partial charge in [0.2, 0.25) is 0 Å². The molecule has 0 saturated heterocycles. The number of unbranched alkanes of at least 4 members (excludes halogenated alkanes) is 1. The predicted molar refractivity (Wildman–Crippen MR) is 82.4 cm³/mol. The first kappa shape index (κ1) is 16.2. The Morgan fingerprint density at radius 3 is 2.26 bits per heavy atom. The molecule has 1 aromatic carbocycles. The molecule has 0 atom stereocenters. The second-order valence-electron chi connectivity index (χ2n) is 5.17. The molecule has 0 heterocycles. The van der Waals surface area contributed by atoms with Crippen LogP contribution in [0, 0.1) is 0 Å². The molecule has 1 N–H and O–H groups in total. The van der Waals surface area contributed by atoms with Gasteiger partial charge in [-0.25, -0.2) is 0 Å². The average molecular weight is 263 g/mol. The minimum Gasteiger partial charge on any atom is -0.395 e. The van der Waals surface area contributed by atoms with Crippen LogP contribution in [0.2, 0.25) is 0 Å². The standard InChI is InChI=1S/C17H29NO/c1-3-17(4-2)18(14-15-19)13-9-8-12-16-10-6-5-7-11-16/h5-7,10-11,17,19H,3-4,8-9,12-15H2,1-2H3. The van der Waals surface area contributed by atoms with Gasteiger partial charge in [0.1, 0.15) is 0 Å². The smallest absolute Gasteiger partial charge is 0.0558 e. The van der Waals surface area contributed by atoms with Crippen molar-refractivity contribution >= 4 is 0 Å². The van der Waals surface area contributed by atoms with E-state index in [4.69, 9.17) is 5.11 Å². The number of benzene rings is 1. The monoisotopic (exact) mass is 263 g/mol. The third kappa shape index (κ3) is 6.22. The molecule has 0 bridgehead atoms. The lowest BCUT2D eigenvalue weighted by molar-refractivity contribution is 0.141. The van der Waals surface area contributed by atoms with Gasteiger partial charge in [-0.2, -0.15) is 0 Å². The minimum atomic E-state index is 0.273. The Morgan fingerprint density at radius 2 is 1.68 bits per heavy atom. The fraction of sp³-hybridized carbons (Fsp3) is 0.647.